The van der Waals surface area contributed by atoms with Gasteiger partial charge in [0, 0.05) is 15.6 Å². The zero-order chi connectivity index (χ0) is 19.7. The lowest BCUT2D eigenvalue weighted by Crippen LogP contribution is -2.32. The summed E-state index contributed by atoms with van der Waals surface area (Å²) < 4.78 is 15.0. The smallest absolute Gasteiger partial charge is 0.266 e. The molecule has 4 rings (SSSR count). The maximum Gasteiger partial charge on any atom is 0.282 e. The van der Waals surface area contributed by atoms with Gasteiger partial charge in [0.25, 0.3) is 5.91 Å². The highest BCUT2D eigenvalue weighted by Gasteiger charge is 2.33. The number of halogens is 3. The fraction of sp³-hybridized carbons (Fsp3) is 0. The molecule has 138 valence electrons. The monoisotopic (exact) mass is 454 g/mol. The molecule has 0 radical (unpaired) electrons. The summed E-state index contributed by atoms with van der Waals surface area (Å²) in [4.78, 5) is 19.2. The number of aliphatic imine (C=N–C) groups is 1. The fourth-order valence-corrected chi connectivity index (χ4v) is 3.39. The first-order valence-corrected chi connectivity index (χ1v) is 9.61. The van der Waals surface area contributed by atoms with Gasteiger partial charge >= 0.3 is 0 Å². The highest BCUT2D eigenvalue weighted by Crippen LogP contribution is 2.31. The lowest BCUT2D eigenvalue weighted by Gasteiger charge is -2.19. The molecule has 3 aromatic carbocycles. The molecular weight excluding hydrogens is 443 g/mol. The second-order valence-electron chi connectivity index (χ2n) is 6.08. The van der Waals surface area contributed by atoms with Crippen LogP contribution in [-0.4, -0.2) is 11.7 Å². The van der Waals surface area contributed by atoms with Crippen LogP contribution in [-0.2, 0) is 4.79 Å². The molecule has 1 aliphatic rings. The van der Waals surface area contributed by atoms with E-state index in [-0.39, 0.29) is 11.6 Å². The van der Waals surface area contributed by atoms with E-state index in [9.17, 15) is 9.18 Å². The molecule has 3 aromatic rings. The number of rotatable bonds is 3. The first-order chi connectivity index (χ1) is 13.5. The van der Waals surface area contributed by atoms with E-state index >= 15 is 0 Å². The number of amidine groups is 1. The van der Waals surface area contributed by atoms with Gasteiger partial charge in [-0.05, 0) is 48.5 Å². The topological polar surface area (TPSA) is 32.7 Å². The number of carbonyl (C=O) groups excluding carboxylic acids is 1. The normalized spacial score (nSPS) is 15.2. The van der Waals surface area contributed by atoms with E-state index in [1.165, 1.54) is 17.0 Å². The molecule has 0 aliphatic carbocycles. The fourth-order valence-electron chi connectivity index (χ4n) is 2.91. The van der Waals surface area contributed by atoms with Crippen LogP contribution in [0.25, 0.3) is 6.08 Å². The average Bonchev–Trinajstić information content (AvgIpc) is 3.01. The van der Waals surface area contributed by atoms with E-state index in [1.807, 2.05) is 24.3 Å². The van der Waals surface area contributed by atoms with Crippen LogP contribution in [0.5, 0.6) is 0 Å². The van der Waals surface area contributed by atoms with Gasteiger partial charge in [-0.15, -0.1) is 0 Å². The van der Waals surface area contributed by atoms with Crippen molar-refractivity contribution in [3.05, 3.63) is 105 Å². The van der Waals surface area contributed by atoms with Crippen molar-refractivity contribution in [2.24, 2.45) is 4.99 Å². The minimum Gasteiger partial charge on any atom is -0.266 e. The van der Waals surface area contributed by atoms with E-state index in [2.05, 4.69) is 20.9 Å². The third-order valence-corrected chi connectivity index (χ3v) is 5.12. The molecule has 0 saturated carbocycles. The van der Waals surface area contributed by atoms with Crippen molar-refractivity contribution in [3.8, 4) is 0 Å². The van der Waals surface area contributed by atoms with Crippen LogP contribution in [0.3, 0.4) is 0 Å². The van der Waals surface area contributed by atoms with E-state index in [0.717, 1.165) is 4.47 Å². The summed E-state index contributed by atoms with van der Waals surface area (Å²) >= 11 is 9.75. The van der Waals surface area contributed by atoms with Crippen molar-refractivity contribution in [2.45, 2.75) is 0 Å². The Morgan fingerprint density at radius 2 is 1.64 bits per heavy atom. The molecule has 6 heteroatoms. The van der Waals surface area contributed by atoms with Crippen LogP contribution in [0.15, 0.2) is 88.0 Å². The number of carbonyl (C=O) groups is 1. The molecule has 0 bridgehead atoms. The number of benzene rings is 3. The molecule has 0 atom stereocenters. The maximum absolute atomic E-state index is 14.1. The van der Waals surface area contributed by atoms with Crippen LogP contribution < -0.4 is 4.90 Å². The van der Waals surface area contributed by atoms with Crippen molar-refractivity contribution in [1.29, 1.82) is 0 Å². The quantitative estimate of drug-likeness (QED) is 0.441. The predicted molar refractivity (Wildman–Crippen MR) is 114 cm³/mol. The summed E-state index contributed by atoms with van der Waals surface area (Å²) in [5.41, 5.74) is 1.70. The molecule has 1 aliphatic heterocycles. The zero-order valence-electron chi connectivity index (χ0n) is 14.4. The number of amides is 1. The number of anilines is 1. The zero-order valence-corrected chi connectivity index (χ0v) is 16.8. The molecular formula is C22H13BrClFN2O. The number of hydrogen-bond donors (Lipinski definition) is 0. The third kappa shape index (κ3) is 3.51. The van der Waals surface area contributed by atoms with Crippen molar-refractivity contribution in [3.63, 3.8) is 0 Å². The molecule has 1 amide bonds. The Labute approximate surface area is 174 Å². The van der Waals surface area contributed by atoms with Gasteiger partial charge in [0.2, 0.25) is 0 Å². The molecule has 0 N–H and O–H groups in total. The van der Waals surface area contributed by atoms with Gasteiger partial charge in [-0.25, -0.2) is 9.38 Å². The highest BCUT2D eigenvalue weighted by atomic mass is 79.9. The van der Waals surface area contributed by atoms with Crippen LogP contribution in [0, 0.1) is 5.82 Å². The van der Waals surface area contributed by atoms with E-state index in [0.29, 0.717) is 27.7 Å². The van der Waals surface area contributed by atoms with Gasteiger partial charge in [-0.1, -0.05) is 57.9 Å². The molecule has 0 spiro atoms. The van der Waals surface area contributed by atoms with Crippen LogP contribution in [0.4, 0.5) is 10.1 Å². The van der Waals surface area contributed by atoms with Crippen LogP contribution in [0.1, 0.15) is 11.1 Å². The maximum atomic E-state index is 14.1. The van der Waals surface area contributed by atoms with Crippen LogP contribution in [0.2, 0.25) is 5.02 Å². The second-order valence-corrected chi connectivity index (χ2v) is 7.41. The van der Waals surface area contributed by atoms with Gasteiger partial charge < -0.3 is 0 Å². The third-order valence-electron chi connectivity index (χ3n) is 4.26. The van der Waals surface area contributed by atoms with Gasteiger partial charge in [0.05, 0.1) is 10.7 Å². The van der Waals surface area contributed by atoms with Gasteiger partial charge in [0.1, 0.15) is 17.3 Å². The second kappa shape index (κ2) is 7.70. The molecule has 3 nitrogen and oxygen atoms in total. The van der Waals surface area contributed by atoms with Gasteiger partial charge in [-0.2, -0.15) is 0 Å². The first kappa shape index (κ1) is 18.6. The van der Waals surface area contributed by atoms with E-state index in [1.54, 1.807) is 42.5 Å². The molecule has 1 heterocycles. The summed E-state index contributed by atoms with van der Waals surface area (Å²) in [5.74, 6) is -0.361. The molecule has 0 aromatic heterocycles. The summed E-state index contributed by atoms with van der Waals surface area (Å²) in [6.45, 7) is 0. The summed E-state index contributed by atoms with van der Waals surface area (Å²) in [7, 11) is 0. The van der Waals surface area contributed by atoms with Crippen molar-refractivity contribution < 1.29 is 9.18 Å². The summed E-state index contributed by atoms with van der Waals surface area (Å²) in [6, 6.07) is 20.7. The lowest BCUT2D eigenvalue weighted by atomic mass is 10.1. The van der Waals surface area contributed by atoms with Crippen molar-refractivity contribution in [2.75, 3.05) is 4.90 Å². The highest BCUT2D eigenvalue weighted by molar-refractivity contribution is 9.10. The number of hydrogen-bond acceptors (Lipinski definition) is 2. The van der Waals surface area contributed by atoms with E-state index < -0.39 is 5.82 Å². The molecule has 0 saturated heterocycles. The standard InChI is InChI=1S/C22H13BrClFN2O/c23-15-9-11-16(12-10-15)27-21(17-6-2-3-7-18(17)24)26-20(22(27)28)13-14-5-1-4-8-19(14)25/h1-13H/b20-13+. The Kier molecular flexibility index (Phi) is 5.11. The molecule has 0 fully saturated rings. The minimum absolute atomic E-state index is 0.142. The Morgan fingerprint density at radius 3 is 2.36 bits per heavy atom. The number of nitrogens with zero attached hydrogens (tertiary/aromatic N) is 2. The summed E-state index contributed by atoms with van der Waals surface area (Å²) in [6.07, 6.45) is 1.45. The Hall–Kier alpha value is -2.76. The molecule has 0 unspecified atom stereocenters. The summed E-state index contributed by atoms with van der Waals surface area (Å²) in [5, 5.41) is 0.475. The largest absolute Gasteiger partial charge is 0.282 e. The Bertz CT molecular complexity index is 1130. The van der Waals surface area contributed by atoms with Gasteiger partial charge in [0.15, 0.2) is 0 Å². The minimum atomic E-state index is -0.417. The van der Waals surface area contributed by atoms with Crippen molar-refractivity contribution in [1.82, 2.24) is 0 Å². The van der Waals surface area contributed by atoms with Gasteiger partial charge in [-0.3, -0.25) is 9.69 Å². The molecule has 28 heavy (non-hydrogen) atoms. The first-order valence-electron chi connectivity index (χ1n) is 8.44. The average molecular weight is 456 g/mol. The van der Waals surface area contributed by atoms with E-state index in [4.69, 9.17) is 11.6 Å². The SMILES string of the molecule is O=C1/C(=C\c2ccccc2F)N=C(c2ccccc2Cl)N1c1ccc(Br)cc1. The Morgan fingerprint density at radius 1 is 0.964 bits per heavy atom. The lowest BCUT2D eigenvalue weighted by molar-refractivity contribution is -0.113. The predicted octanol–water partition coefficient (Wildman–Crippen LogP) is 6.08. The van der Waals surface area contributed by atoms with Crippen LogP contribution >= 0.6 is 27.5 Å². The Balaban J connectivity index is 1.87. The van der Waals surface area contributed by atoms with Crippen molar-refractivity contribution >= 4 is 51.0 Å².